The molecule has 2 rings (SSSR count). The summed E-state index contributed by atoms with van der Waals surface area (Å²) in [5, 5.41) is 0.631. The normalized spacial score (nSPS) is 10.3. The number of hydrogen-bond donors (Lipinski definition) is 0. The standard InChI is InChI=1S/C15H15Cl2N3O3/c1-20(13-7-12(16)18-8-19-13)14(21)5-9-4-10(22-2)6-11(23-3)15(9)17/h4,6-8H,5H2,1-3H3. The SMILES string of the molecule is COc1cc(CC(=O)N(C)c2cc(Cl)ncn2)c(Cl)c(OC)c1. The number of amides is 1. The Morgan fingerprint density at radius 2 is 1.91 bits per heavy atom. The van der Waals surface area contributed by atoms with Crippen LogP contribution in [0.1, 0.15) is 5.56 Å². The van der Waals surface area contributed by atoms with Gasteiger partial charge in [0.15, 0.2) is 0 Å². The Morgan fingerprint density at radius 3 is 2.52 bits per heavy atom. The van der Waals surface area contributed by atoms with Crippen LogP contribution in [0.4, 0.5) is 5.82 Å². The highest BCUT2D eigenvalue weighted by atomic mass is 35.5. The van der Waals surface area contributed by atoms with Gasteiger partial charge in [-0.3, -0.25) is 9.69 Å². The van der Waals surface area contributed by atoms with E-state index in [2.05, 4.69) is 9.97 Å². The molecule has 1 aromatic heterocycles. The van der Waals surface area contributed by atoms with Crippen LogP contribution in [0.15, 0.2) is 24.5 Å². The summed E-state index contributed by atoms with van der Waals surface area (Å²) in [6.07, 6.45) is 1.35. The number of carbonyl (C=O) groups is 1. The number of anilines is 1. The maximum atomic E-state index is 12.5. The molecule has 1 aromatic carbocycles. The third kappa shape index (κ3) is 4.03. The van der Waals surface area contributed by atoms with Gasteiger partial charge < -0.3 is 9.47 Å². The number of aromatic nitrogens is 2. The highest BCUT2D eigenvalue weighted by molar-refractivity contribution is 6.33. The second-order valence-electron chi connectivity index (χ2n) is 4.63. The van der Waals surface area contributed by atoms with Crippen molar-refractivity contribution in [2.24, 2.45) is 0 Å². The van der Waals surface area contributed by atoms with Crippen molar-refractivity contribution >= 4 is 34.9 Å². The third-order valence-electron chi connectivity index (χ3n) is 3.22. The van der Waals surface area contributed by atoms with Gasteiger partial charge in [0.25, 0.3) is 0 Å². The van der Waals surface area contributed by atoms with Crippen molar-refractivity contribution in [2.45, 2.75) is 6.42 Å². The van der Waals surface area contributed by atoms with Crippen LogP contribution in [-0.2, 0) is 11.2 Å². The van der Waals surface area contributed by atoms with Gasteiger partial charge in [0.1, 0.15) is 28.8 Å². The molecular weight excluding hydrogens is 341 g/mol. The Hall–Kier alpha value is -2.05. The topological polar surface area (TPSA) is 64.5 Å². The quantitative estimate of drug-likeness (QED) is 0.771. The summed E-state index contributed by atoms with van der Waals surface area (Å²) < 4.78 is 10.4. The lowest BCUT2D eigenvalue weighted by atomic mass is 10.1. The Labute approximate surface area is 144 Å². The summed E-state index contributed by atoms with van der Waals surface area (Å²) in [6, 6.07) is 4.86. The van der Waals surface area contributed by atoms with Crippen LogP contribution in [0, 0.1) is 0 Å². The maximum Gasteiger partial charge on any atom is 0.232 e. The van der Waals surface area contributed by atoms with E-state index >= 15 is 0 Å². The fraction of sp³-hybridized carbons (Fsp3) is 0.267. The average molecular weight is 356 g/mol. The van der Waals surface area contributed by atoms with Gasteiger partial charge in [-0.1, -0.05) is 23.2 Å². The van der Waals surface area contributed by atoms with Crippen molar-refractivity contribution in [3.63, 3.8) is 0 Å². The van der Waals surface area contributed by atoms with Gasteiger partial charge in [-0.2, -0.15) is 0 Å². The lowest BCUT2D eigenvalue weighted by molar-refractivity contribution is -0.117. The van der Waals surface area contributed by atoms with E-state index in [1.54, 1.807) is 19.2 Å². The number of carbonyl (C=O) groups excluding carboxylic acids is 1. The second kappa shape index (κ2) is 7.48. The largest absolute Gasteiger partial charge is 0.497 e. The van der Waals surface area contributed by atoms with E-state index in [0.29, 0.717) is 27.9 Å². The first-order chi connectivity index (χ1) is 11.0. The molecule has 0 unspecified atom stereocenters. The Kier molecular flexibility index (Phi) is 5.63. The first kappa shape index (κ1) is 17.3. The number of ether oxygens (including phenoxy) is 2. The Balaban J connectivity index is 2.26. The zero-order valence-corrected chi connectivity index (χ0v) is 14.4. The minimum Gasteiger partial charge on any atom is -0.497 e. The molecule has 0 atom stereocenters. The van der Waals surface area contributed by atoms with Gasteiger partial charge >= 0.3 is 0 Å². The molecule has 6 nitrogen and oxygen atoms in total. The third-order valence-corrected chi connectivity index (χ3v) is 3.86. The average Bonchev–Trinajstić information content (AvgIpc) is 2.55. The van der Waals surface area contributed by atoms with E-state index in [-0.39, 0.29) is 17.5 Å². The molecule has 1 amide bonds. The zero-order chi connectivity index (χ0) is 17.0. The van der Waals surface area contributed by atoms with E-state index in [1.807, 2.05) is 0 Å². The molecule has 8 heteroatoms. The second-order valence-corrected chi connectivity index (χ2v) is 5.40. The highest BCUT2D eigenvalue weighted by Crippen LogP contribution is 2.33. The molecule has 0 spiro atoms. The van der Waals surface area contributed by atoms with Gasteiger partial charge in [0.05, 0.1) is 25.7 Å². The summed E-state index contributed by atoms with van der Waals surface area (Å²) in [4.78, 5) is 21.6. The molecule has 0 fully saturated rings. The highest BCUT2D eigenvalue weighted by Gasteiger charge is 2.18. The number of benzene rings is 1. The number of halogens is 2. The molecule has 0 saturated heterocycles. The van der Waals surface area contributed by atoms with Crippen LogP contribution in [0.2, 0.25) is 10.2 Å². The zero-order valence-electron chi connectivity index (χ0n) is 12.8. The Morgan fingerprint density at radius 1 is 1.17 bits per heavy atom. The van der Waals surface area contributed by atoms with E-state index < -0.39 is 0 Å². The first-order valence-corrected chi connectivity index (χ1v) is 7.36. The predicted molar refractivity (Wildman–Crippen MR) is 88.7 cm³/mol. The van der Waals surface area contributed by atoms with Crippen LogP contribution in [0.5, 0.6) is 11.5 Å². The lowest BCUT2D eigenvalue weighted by Gasteiger charge is -2.17. The van der Waals surface area contributed by atoms with Crippen LogP contribution < -0.4 is 14.4 Å². The molecular formula is C15H15Cl2N3O3. The van der Waals surface area contributed by atoms with Gasteiger partial charge in [0, 0.05) is 19.2 Å². The van der Waals surface area contributed by atoms with E-state index in [9.17, 15) is 4.79 Å². The molecule has 0 N–H and O–H groups in total. The minimum absolute atomic E-state index is 0.0600. The summed E-state index contributed by atoms with van der Waals surface area (Å²) in [5.41, 5.74) is 0.597. The number of methoxy groups -OCH3 is 2. The van der Waals surface area contributed by atoms with Gasteiger partial charge in [-0.05, 0) is 11.6 Å². The van der Waals surface area contributed by atoms with Crippen molar-refractivity contribution in [2.75, 3.05) is 26.2 Å². The lowest BCUT2D eigenvalue weighted by Crippen LogP contribution is -2.28. The van der Waals surface area contributed by atoms with Crippen LogP contribution in [0.3, 0.4) is 0 Å². The van der Waals surface area contributed by atoms with Crippen LogP contribution in [0.25, 0.3) is 0 Å². The Bertz CT molecular complexity index is 725. The summed E-state index contributed by atoms with van der Waals surface area (Å²) in [5.74, 6) is 1.20. The van der Waals surface area contributed by atoms with Gasteiger partial charge in [0.2, 0.25) is 5.91 Å². The van der Waals surface area contributed by atoms with E-state index in [4.69, 9.17) is 32.7 Å². The number of nitrogens with zero attached hydrogens (tertiary/aromatic N) is 3. The molecule has 23 heavy (non-hydrogen) atoms. The molecule has 0 bridgehead atoms. The molecule has 2 aromatic rings. The molecule has 122 valence electrons. The molecule has 0 radical (unpaired) electrons. The number of likely N-dealkylation sites (N-methyl/N-ethyl adjacent to an activating group) is 1. The minimum atomic E-state index is -0.211. The molecule has 0 aliphatic heterocycles. The smallest absolute Gasteiger partial charge is 0.232 e. The fourth-order valence-corrected chi connectivity index (χ4v) is 2.33. The van der Waals surface area contributed by atoms with Crippen molar-refractivity contribution in [1.82, 2.24) is 9.97 Å². The van der Waals surface area contributed by atoms with Crippen molar-refractivity contribution in [3.05, 3.63) is 40.3 Å². The van der Waals surface area contributed by atoms with Crippen molar-refractivity contribution in [3.8, 4) is 11.5 Å². The predicted octanol–water partition coefficient (Wildman–Crippen LogP) is 3.01. The van der Waals surface area contributed by atoms with Gasteiger partial charge in [-0.15, -0.1) is 0 Å². The molecule has 0 aliphatic rings. The first-order valence-electron chi connectivity index (χ1n) is 6.60. The summed E-state index contributed by atoms with van der Waals surface area (Å²) in [7, 11) is 4.64. The van der Waals surface area contributed by atoms with Crippen LogP contribution >= 0.6 is 23.2 Å². The van der Waals surface area contributed by atoms with Crippen molar-refractivity contribution < 1.29 is 14.3 Å². The molecule has 0 aliphatic carbocycles. The van der Waals surface area contributed by atoms with Crippen molar-refractivity contribution in [1.29, 1.82) is 0 Å². The van der Waals surface area contributed by atoms with Crippen LogP contribution in [-0.4, -0.2) is 37.1 Å². The van der Waals surface area contributed by atoms with E-state index in [1.165, 1.54) is 31.5 Å². The van der Waals surface area contributed by atoms with Gasteiger partial charge in [-0.25, -0.2) is 9.97 Å². The summed E-state index contributed by atoms with van der Waals surface area (Å²) >= 11 is 12.1. The monoisotopic (exact) mass is 355 g/mol. The molecule has 1 heterocycles. The summed E-state index contributed by atoms with van der Waals surface area (Å²) in [6.45, 7) is 0. The number of hydrogen-bond acceptors (Lipinski definition) is 5. The maximum absolute atomic E-state index is 12.5. The fourth-order valence-electron chi connectivity index (χ4n) is 1.94. The van der Waals surface area contributed by atoms with E-state index in [0.717, 1.165) is 0 Å². The molecule has 0 saturated carbocycles. The number of rotatable bonds is 5.